The molecule has 0 aromatic carbocycles. The van der Waals surface area contributed by atoms with Gasteiger partial charge in [-0.05, 0) is 50.3 Å². The summed E-state index contributed by atoms with van der Waals surface area (Å²) < 4.78 is 0. The standard InChI is InChI=1S/C16H36P2/c1-3-5-7-10-14-18(16-12-9-13-17)15-11-8-6-4-2/h3-17H2,1-2H3. The second kappa shape index (κ2) is 15.9. The zero-order chi connectivity index (χ0) is 13.5. The highest BCUT2D eigenvalue weighted by Crippen LogP contribution is 2.39. The van der Waals surface area contributed by atoms with Crippen LogP contribution >= 0.6 is 17.2 Å². The van der Waals surface area contributed by atoms with Gasteiger partial charge in [-0.1, -0.05) is 52.4 Å². The van der Waals surface area contributed by atoms with Crippen LogP contribution in [0.5, 0.6) is 0 Å². The van der Waals surface area contributed by atoms with E-state index in [-0.39, 0.29) is 0 Å². The molecule has 1 unspecified atom stereocenters. The molecule has 0 amide bonds. The number of hydrogen-bond acceptors (Lipinski definition) is 0. The van der Waals surface area contributed by atoms with Crippen molar-refractivity contribution in [2.24, 2.45) is 0 Å². The molecule has 0 N–H and O–H groups in total. The molecule has 0 radical (unpaired) electrons. The summed E-state index contributed by atoms with van der Waals surface area (Å²) in [4.78, 5) is 0. The van der Waals surface area contributed by atoms with Gasteiger partial charge < -0.3 is 0 Å². The van der Waals surface area contributed by atoms with E-state index in [0.29, 0.717) is 7.92 Å². The second-order valence-corrected chi connectivity index (χ2v) is 8.72. The molecule has 0 aliphatic rings. The minimum atomic E-state index is 0.385. The van der Waals surface area contributed by atoms with Crippen molar-refractivity contribution in [3.8, 4) is 0 Å². The molecule has 0 fully saturated rings. The Balaban J connectivity index is 3.62. The largest absolute Gasteiger partial charge is 0.138 e. The van der Waals surface area contributed by atoms with Gasteiger partial charge in [0.1, 0.15) is 0 Å². The Labute approximate surface area is 120 Å². The monoisotopic (exact) mass is 290 g/mol. The van der Waals surface area contributed by atoms with E-state index in [1.165, 1.54) is 70.4 Å². The third-order valence-corrected chi connectivity index (χ3v) is 6.84. The van der Waals surface area contributed by atoms with Crippen molar-refractivity contribution in [3.05, 3.63) is 0 Å². The SMILES string of the molecule is CCCCCCP(CCCCP)CCCCCC. The topological polar surface area (TPSA) is 0 Å². The first-order valence-corrected chi connectivity index (χ1v) is 11.0. The van der Waals surface area contributed by atoms with E-state index >= 15 is 0 Å². The summed E-state index contributed by atoms with van der Waals surface area (Å²) >= 11 is 0. The van der Waals surface area contributed by atoms with Crippen LogP contribution in [0.2, 0.25) is 0 Å². The fourth-order valence-corrected chi connectivity index (χ4v) is 5.31. The molecule has 0 aliphatic heterocycles. The summed E-state index contributed by atoms with van der Waals surface area (Å²) in [5.74, 6) is 0. The molecule has 0 saturated heterocycles. The first-order chi connectivity index (χ1) is 8.85. The Morgan fingerprint density at radius 2 is 1.06 bits per heavy atom. The molecule has 0 nitrogen and oxygen atoms in total. The van der Waals surface area contributed by atoms with Crippen molar-refractivity contribution in [1.82, 2.24) is 0 Å². The molecule has 0 saturated carbocycles. The highest BCUT2D eigenvalue weighted by molar-refractivity contribution is 7.57. The maximum Gasteiger partial charge on any atom is -0.0326 e. The Morgan fingerprint density at radius 3 is 1.44 bits per heavy atom. The molecule has 18 heavy (non-hydrogen) atoms. The van der Waals surface area contributed by atoms with Crippen molar-refractivity contribution in [2.75, 3.05) is 24.6 Å². The van der Waals surface area contributed by atoms with Crippen LogP contribution in [0.15, 0.2) is 0 Å². The van der Waals surface area contributed by atoms with Gasteiger partial charge in [-0.15, -0.1) is 17.2 Å². The molecular formula is C16H36P2. The van der Waals surface area contributed by atoms with Crippen LogP contribution in [-0.4, -0.2) is 24.6 Å². The molecular weight excluding hydrogens is 254 g/mol. The van der Waals surface area contributed by atoms with Crippen LogP contribution in [0.4, 0.5) is 0 Å². The molecule has 0 aliphatic carbocycles. The summed E-state index contributed by atoms with van der Waals surface area (Å²) in [6.07, 6.45) is 20.5. The first kappa shape index (κ1) is 18.9. The first-order valence-electron chi connectivity index (χ1n) is 8.27. The lowest BCUT2D eigenvalue weighted by atomic mass is 10.2. The molecule has 0 heterocycles. The average molecular weight is 290 g/mol. The molecule has 2 heteroatoms. The maximum absolute atomic E-state index is 2.87. The van der Waals surface area contributed by atoms with E-state index in [2.05, 4.69) is 23.1 Å². The Kier molecular flexibility index (Phi) is 16.7. The highest BCUT2D eigenvalue weighted by atomic mass is 31.1. The lowest BCUT2D eigenvalue weighted by Crippen LogP contribution is -1.97. The van der Waals surface area contributed by atoms with Crippen LogP contribution in [0.1, 0.15) is 78.1 Å². The summed E-state index contributed by atoms with van der Waals surface area (Å²) in [6.45, 7) is 4.62. The predicted octanol–water partition coefficient (Wildman–Crippen LogP) is 6.28. The molecule has 0 spiro atoms. The molecule has 110 valence electrons. The van der Waals surface area contributed by atoms with Crippen molar-refractivity contribution in [3.63, 3.8) is 0 Å². The number of unbranched alkanes of at least 4 members (excludes halogenated alkanes) is 7. The van der Waals surface area contributed by atoms with E-state index in [4.69, 9.17) is 0 Å². The fraction of sp³-hybridized carbons (Fsp3) is 1.00. The summed E-state index contributed by atoms with van der Waals surface area (Å²) in [6, 6.07) is 0. The summed E-state index contributed by atoms with van der Waals surface area (Å²) in [5.41, 5.74) is 0. The molecule has 0 aromatic heterocycles. The number of rotatable bonds is 14. The molecule has 0 rings (SSSR count). The maximum atomic E-state index is 2.87. The minimum Gasteiger partial charge on any atom is -0.138 e. The smallest absolute Gasteiger partial charge is 0.0326 e. The Morgan fingerprint density at radius 1 is 0.611 bits per heavy atom. The van der Waals surface area contributed by atoms with E-state index in [1.807, 2.05) is 0 Å². The van der Waals surface area contributed by atoms with Crippen LogP contribution < -0.4 is 0 Å². The lowest BCUT2D eigenvalue weighted by molar-refractivity contribution is 0.694. The van der Waals surface area contributed by atoms with Crippen molar-refractivity contribution in [2.45, 2.75) is 78.1 Å². The fourth-order valence-electron chi connectivity index (χ4n) is 2.34. The third-order valence-electron chi connectivity index (χ3n) is 3.58. The van der Waals surface area contributed by atoms with E-state index in [0.717, 1.165) is 0 Å². The lowest BCUT2D eigenvalue weighted by Gasteiger charge is -2.17. The van der Waals surface area contributed by atoms with Gasteiger partial charge in [-0.3, -0.25) is 0 Å². The van der Waals surface area contributed by atoms with Gasteiger partial charge in [0, 0.05) is 0 Å². The van der Waals surface area contributed by atoms with Gasteiger partial charge >= 0.3 is 0 Å². The normalized spacial score (nSPS) is 11.3. The highest BCUT2D eigenvalue weighted by Gasteiger charge is 2.07. The van der Waals surface area contributed by atoms with E-state index < -0.39 is 0 Å². The van der Waals surface area contributed by atoms with Gasteiger partial charge in [0.05, 0.1) is 0 Å². The van der Waals surface area contributed by atoms with Crippen LogP contribution in [0.25, 0.3) is 0 Å². The quantitative estimate of drug-likeness (QED) is 0.261. The van der Waals surface area contributed by atoms with Crippen LogP contribution in [0.3, 0.4) is 0 Å². The van der Waals surface area contributed by atoms with Gasteiger partial charge in [-0.2, -0.15) is 0 Å². The molecule has 0 aromatic rings. The molecule has 0 bridgehead atoms. The average Bonchev–Trinajstić information content (AvgIpc) is 2.39. The Bertz CT molecular complexity index is 136. The van der Waals surface area contributed by atoms with Gasteiger partial charge in [0.2, 0.25) is 0 Å². The van der Waals surface area contributed by atoms with Gasteiger partial charge in [-0.25, -0.2) is 0 Å². The van der Waals surface area contributed by atoms with Crippen LogP contribution in [0, 0.1) is 0 Å². The van der Waals surface area contributed by atoms with E-state index in [1.54, 1.807) is 18.5 Å². The summed E-state index contributed by atoms with van der Waals surface area (Å²) in [7, 11) is 3.26. The van der Waals surface area contributed by atoms with Gasteiger partial charge in [0.15, 0.2) is 0 Å². The van der Waals surface area contributed by atoms with E-state index in [9.17, 15) is 0 Å². The zero-order valence-electron chi connectivity index (χ0n) is 12.9. The van der Waals surface area contributed by atoms with Crippen molar-refractivity contribution >= 4 is 17.2 Å². The van der Waals surface area contributed by atoms with Crippen LogP contribution in [-0.2, 0) is 0 Å². The predicted molar refractivity (Wildman–Crippen MR) is 93.6 cm³/mol. The molecule has 1 atom stereocenters. The van der Waals surface area contributed by atoms with Gasteiger partial charge in [0.25, 0.3) is 0 Å². The third kappa shape index (κ3) is 13.3. The Hall–Kier alpha value is 0.860. The number of hydrogen-bond donors (Lipinski definition) is 0. The van der Waals surface area contributed by atoms with Crippen molar-refractivity contribution in [1.29, 1.82) is 0 Å². The summed E-state index contributed by atoms with van der Waals surface area (Å²) in [5, 5.41) is 0. The second-order valence-electron chi connectivity index (χ2n) is 5.46. The zero-order valence-corrected chi connectivity index (χ0v) is 15.0. The van der Waals surface area contributed by atoms with Crippen molar-refractivity contribution < 1.29 is 0 Å². The minimum absolute atomic E-state index is 0.385.